The molecule has 0 aromatic rings. The third-order valence-electron chi connectivity index (χ3n) is 4.03. The fourth-order valence-electron chi connectivity index (χ4n) is 3.04. The van der Waals surface area contributed by atoms with Crippen molar-refractivity contribution in [3.8, 4) is 0 Å². The highest BCUT2D eigenvalue weighted by molar-refractivity contribution is 5.85. The van der Waals surface area contributed by atoms with Crippen LogP contribution in [0.4, 0.5) is 4.79 Å². The van der Waals surface area contributed by atoms with E-state index in [1.54, 1.807) is 13.8 Å². The number of carboxylic acid groups (broad SMARTS) is 1. The maximum atomic E-state index is 11.8. The molecule has 0 spiro atoms. The zero-order valence-corrected chi connectivity index (χ0v) is 11.9. The molecule has 2 saturated carbocycles. The van der Waals surface area contributed by atoms with E-state index >= 15 is 0 Å². The largest absolute Gasteiger partial charge is 0.511 e. The molecule has 0 aliphatic heterocycles. The van der Waals surface area contributed by atoms with Crippen LogP contribution in [0.1, 0.15) is 26.7 Å². The number of rotatable bonds is 5. The molecule has 0 aromatic heterocycles. The SMILES string of the molecule is CC(C)OC(=O)OCOC(=O)[C@H]1[C@@H]2CC[C@@](N)(C(=O)O)[C@@H]21. The molecule has 0 bridgehead atoms. The first-order valence-corrected chi connectivity index (χ1v) is 6.79. The maximum absolute atomic E-state index is 11.8. The number of nitrogens with two attached hydrogens (primary N) is 1. The topological polar surface area (TPSA) is 125 Å². The molecule has 0 amide bonds. The van der Waals surface area contributed by atoms with Gasteiger partial charge in [0, 0.05) is 5.92 Å². The van der Waals surface area contributed by atoms with Crippen molar-refractivity contribution in [2.45, 2.75) is 38.3 Å². The normalized spacial score (nSPS) is 33.2. The van der Waals surface area contributed by atoms with Crippen LogP contribution in [0.5, 0.6) is 0 Å². The van der Waals surface area contributed by atoms with Crippen molar-refractivity contribution in [1.82, 2.24) is 0 Å². The summed E-state index contributed by atoms with van der Waals surface area (Å²) in [6, 6.07) is 0. The third kappa shape index (κ3) is 2.94. The van der Waals surface area contributed by atoms with Crippen LogP contribution in [0.15, 0.2) is 0 Å². The third-order valence-corrected chi connectivity index (χ3v) is 4.03. The van der Waals surface area contributed by atoms with Crippen LogP contribution < -0.4 is 5.73 Å². The Balaban J connectivity index is 1.77. The molecule has 3 N–H and O–H groups in total. The molecule has 0 saturated heterocycles. The van der Waals surface area contributed by atoms with Crippen molar-refractivity contribution in [3.63, 3.8) is 0 Å². The van der Waals surface area contributed by atoms with Gasteiger partial charge in [-0.15, -0.1) is 0 Å². The summed E-state index contributed by atoms with van der Waals surface area (Å²) in [6.45, 7) is 2.77. The highest BCUT2D eigenvalue weighted by atomic mass is 16.8. The van der Waals surface area contributed by atoms with E-state index in [1.165, 1.54) is 0 Å². The van der Waals surface area contributed by atoms with E-state index in [-0.39, 0.29) is 12.0 Å². The van der Waals surface area contributed by atoms with Crippen molar-refractivity contribution < 1.29 is 33.7 Å². The maximum Gasteiger partial charge on any atom is 0.511 e. The molecular weight excluding hydrogens is 282 g/mol. The van der Waals surface area contributed by atoms with Crippen molar-refractivity contribution in [2.75, 3.05) is 6.79 Å². The van der Waals surface area contributed by atoms with Gasteiger partial charge in [-0.2, -0.15) is 0 Å². The average Bonchev–Trinajstić information content (AvgIpc) is 3.00. The van der Waals surface area contributed by atoms with E-state index in [0.29, 0.717) is 12.8 Å². The lowest BCUT2D eigenvalue weighted by molar-refractivity contribution is -0.156. The molecule has 0 radical (unpaired) electrons. The van der Waals surface area contributed by atoms with Crippen LogP contribution in [0.2, 0.25) is 0 Å². The second kappa shape index (κ2) is 5.51. The lowest BCUT2D eigenvalue weighted by atomic mass is 9.92. The highest BCUT2D eigenvalue weighted by Gasteiger charge is 2.70. The molecular formula is C13H19NO7. The Labute approximate surface area is 121 Å². The van der Waals surface area contributed by atoms with Crippen LogP contribution in [-0.2, 0) is 23.8 Å². The molecule has 0 unspecified atom stereocenters. The van der Waals surface area contributed by atoms with Crippen molar-refractivity contribution in [2.24, 2.45) is 23.5 Å². The number of esters is 1. The van der Waals surface area contributed by atoms with Gasteiger partial charge in [0.2, 0.25) is 6.79 Å². The highest BCUT2D eigenvalue weighted by Crippen LogP contribution is 2.61. The number of carboxylic acids is 1. The Morgan fingerprint density at radius 2 is 2.00 bits per heavy atom. The molecule has 4 atom stereocenters. The second-order valence-electron chi connectivity index (χ2n) is 5.74. The quantitative estimate of drug-likeness (QED) is 0.555. The van der Waals surface area contributed by atoms with Crippen molar-refractivity contribution in [1.29, 1.82) is 0 Å². The minimum absolute atomic E-state index is 0.0544. The van der Waals surface area contributed by atoms with Crippen LogP contribution in [0.25, 0.3) is 0 Å². The minimum atomic E-state index is -1.36. The number of ether oxygens (including phenoxy) is 3. The number of hydrogen-bond donors (Lipinski definition) is 2. The van der Waals surface area contributed by atoms with Gasteiger partial charge in [0.15, 0.2) is 0 Å². The summed E-state index contributed by atoms with van der Waals surface area (Å²) in [4.78, 5) is 34.1. The van der Waals surface area contributed by atoms with Crippen molar-refractivity contribution in [3.05, 3.63) is 0 Å². The molecule has 2 fully saturated rings. The Morgan fingerprint density at radius 3 is 2.57 bits per heavy atom. The summed E-state index contributed by atoms with van der Waals surface area (Å²) < 4.78 is 14.1. The average molecular weight is 301 g/mol. The van der Waals surface area contributed by atoms with Gasteiger partial charge in [-0.25, -0.2) is 4.79 Å². The molecule has 8 heteroatoms. The first kappa shape index (κ1) is 15.6. The molecule has 0 heterocycles. The Hall–Kier alpha value is -1.83. The van der Waals surface area contributed by atoms with Gasteiger partial charge in [-0.1, -0.05) is 0 Å². The Kier molecular flexibility index (Phi) is 4.08. The smallest absolute Gasteiger partial charge is 0.480 e. The number of fused-ring (bicyclic) bond motifs is 1. The minimum Gasteiger partial charge on any atom is -0.480 e. The fourth-order valence-corrected chi connectivity index (χ4v) is 3.04. The zero-order chi connectivity index (χ0) is 15.8. The van der Waals surface area contributed by atoms with Gasteiger partial charge >= 0.3 is 18.1 Å². The number of carbonyl (C=O) groups excluding carboxylic acids is 2. The summed E-state index contributed by atoms with van der Waals surface area (Å²) >= 11 is 0. The predicted molar refractivity (Wildman–Crippen MR) is 67.9 cm³/mol. The van der Waals surface area contributed by atoms with Gasteiger partial charge in [0.25, 0.3) is 0 Å². The van der Waals surface area contributed by atoms with Crippen LogP contribution in [-0.4, -0.2) is 41.6 Å². The molecule has 2 aliphatic carbocycles. The van der Waals surface area contributed by atoms with Gasteiger partial charge in [0.1, 0.15) is 5.54 Å². The van der Waals surface area contributed by atoms with Crippen LogP contribution in [0, 0.1) is 17.8 Å². The molecule has 21 heavy (non-hydrogen) atoms. The molecule has 2 rings (SSSR count). The van der Waals surface area contributed by atoms with E-state index in [2.05, 4.69) is 4.74 Å². The molecule has 118 valence electrons. The van der Waals surface area contributed by atoms with E-state index in [9.17, 15) is 14.4 Å². The predicted octanol–water partition coefficient (Wildman–Crippen LogP) is 0.487. The van der Waals surface area contributed by atoms with Gasteiger partial charge in [0.05, 0.1) is 12.0 Å². The number of carbonyl (C=O) groups is 3. The molecule has 0 aromatic carbocycles. The lowest BCUT2D eigenvalue weighted by Gasteiger charge is -2.21. The van der Waals surface area contributed by atoms with Gasteiger partial charge in [-0.05, 0) is 32.6 Å². The first-order valence-electron chi connectivity index (χ1n) is 6.79. The number of aliphatic carboxylic acids is 1. The van der Waals surface area contributed by atoms with Crippen LogP contribution in [0.3, 0.4) is 0 Å². The first-order chi connectivity index (χ1) is 9.77. The summed E-state index contributed by atoms with van der Waals surface area (Å²) in [5.74, 6) is -2.66. The fraction of sp³-hybridized carbons (Fsp3) is 0.769. The summed E-state index contributed by atoms with van der Waals surface area (Å²) in [7, 11) is 0. The molecule has 2 aliphatic rings. The second-order valence-corrected chi connectivity index (χ2v) is 5.74. The van der Waals surface area contributed by atoms with Gasteiger partial charge < -0.3 is 25.1 Å². The van der Waals surface area contributed by atoms with Gasteiger partial charge in [-0.3, -0.25) is 9.59 Å². The zero-order valence-electron chi connectivity index (χ0n) is 11.9. The van der Waals surface area contributed by atoms with E-state index in [0.717, 1.165) is 0 Å². The number of hydrogen-bond acceptors (Lipinski definition) is 7. The summed E-state index contributed by atoms with van der Waals surface area (Å²) in [6.07, 6.45) is -0.306. The van der Waals surface area contributed by atoms with E-state index in [4.69, 9.17) is 20.3 Å². The Morgan fingerprint density at radius 1 is 1.33 bits per heavy atom. The Bertz CT molecular complexity index is 463. The monoisotopic (exact) mass is 301 g/mol. The molecule has 8 nitrogen and oxygen atoms in total. The summed E-state index contributed by atoms with van der Waals surface area (Å²) in [5.41, 5.74) is 4.48. The lowest BCUT2D eigenvalue weighted by Crippen LogP contribution is -2.49. The van der Waals surface area contributed by atoms with E-state index < -0.39 is 42.3 Å². The van der Waals surface area contributed by atoms with E-state index in [1.807, 2.05) is 0 Å². The van der Waals surface area contributed by atoms with Crippen LogP contribution >= 0.6 is 0 Å². The standard InChI is InChI=1S/C13H19NO7/c1-6(2)21-12(18)20-5-19-10(15)8-7-3-4-13(14,9(7)8)11(16)17/h6-9H,3-5,14H2,1-2H3,(H,16,17)/t7-,8-,9-,13-/m0/s1. The van der Waals surface area contributed by atoms with Crippen molar-refractivity contribution >= 4 is 18.1 Å². The summed E-state index contributed by atoms with van der Waals surface area (Å²) in [5, 5.41) is 9.14.